The van der Waals surface area contributed by atoms with Gasteiger partial charge in [-0.1, -0.05) is 12.1 Å². The summed E-state index contributed by atoms with van der Waals surface area (Å²) < 4.78 is 0. The minimum atomic E-state index is 0. The average Bonchev–Trinajstić information content (AvgIpc) is 2.83. The molecule has 6 heteroatoms. The third kappa shape index (κ3) is 4.13. The maximum atomic E-state index is 8.80. The number of quaternary nitrogens is 2. The first-order chi connectivity index (χ1) is 7.79. The van der Waals surface area contributed by atoms with Crippen molar-refractivity contribution in [2.45, 2.75) is 12.5 Å². The molecule has 0 amide bonds. The molecule has 1 aliphatic heterocycles. The maximum Gasteiger partial charge on any atom is 0.263 e. The molecule has 1 aliphatic rings. The largest absolute Gasteiger partial charge is 1.00 e. The van der Waals surface area contributed by atoms with E-state index in [-0.39, 0.29) is 30.9 Å². The summed E-state index contributed by atoms with van der Waals surface area (Å²) in [5.41, 5.74) is 5.91. The number of benzene rings is 1. The van der Waals surface area contributed by atoms with Gasteiger partial charge in [0, 0.05) is 6.42 Å². The summed E-state index contributed by atoms with van der Waals surface area (Å²) in [7, 11) is 0. The second-order valence-electron chi connectivity index (χ2n) is 3.78. The molecule has 96 valence electrons. The molecule has 0 aliphatic carbocycles. The number of amidine groups is 1. The van der Waals surface area contributed by atoms with Crippen LogP contribution in [0.1, 0.15) is 11.1 Å². The highest BCUT2D eigenvalue weighted by atomic mass is 35.5. The highest BCUT2D eigenvalue weighted by Crippen LogP contribution is 2.06. The Bertz CT molecular complexity index is 491. The van der Waals surface area contributed by atoms with Gasteiger partial charge in [0.05, 0.1) is 17.8 Å². The standard InChI is InChI=1S/C12H12N4.2ClH/c13-8-10-3-1-2-9(6-10)7-11(14)12-15-4-5-16-12;;/h1-6,11H,7,14H2,(H,15,16);2*1H/t11-;;/m0../s1. The number of nitriles is 1. The van der Waals surface area contributed by atoms with Crippen molar-refractivity contribution < 1.29 is 35.9 Å². The fourth-order valence-corrected chi connectivity index (χ4v) is 1.71. The first-order valence-electron chi connectivity index (χ1n) is 5.19. The van der Waals surface area contributed by atoms with Crippen LogP contribution in [-0.2, 0) is 6.42 Å². The zero-order valence-electron chi connectivity index (χ0n) is 9.68. The molecule has 0 fully saturated rings. The van der Waals surface area contributed by atoms with Crippen molar-refractivity contribution in [1.82, 2.24) is 0 Å². The fraction of sp³-hybridized carbons (Fsp3) is 0.167. The predicted octanol–water partition coefficient (Wildman–Crippen LogP) is -6.83. The molecule has 0 aromatic heterocycles. The van der Waals surface area contributed by atoms with Crippen LogP contribution in [0.3, 0.4) is 0 Å². The van der Waals surface area contributed by atoms with Gasteiger partial charge in [-0.2, -0.15) is 10.3 Å². The lowest BCUT2D eigenvalue weighted by molar-refractivity contribution is -0.495. The Hall–Kier alpha value is -1.38. The number of nitrogens with zero attached hydrogens (tertiary/aromatic N) is 2. The number of hydrogen-bond acceptors (Lipinski definition) is 2. The lowest BCUT2D eigenvalue weighted by atomic mass is 10.0. The molecule has 0 saturated carbocycles. The van der Waals surface area contributed by atoms with Crippen molar-refractivity contribution in [3.8, 4) is 6.07 Å². The second kappa shape index (κ2) is 7.85. The van der Waals surface area contributed by atoms with E-state index in [4.69, 9.17) is 5.26 Å². The SMILES string of the molecule is N#Cc1cccc(C[C@H]([NH3+])C2=NC=C[NH2+]2)c1.[Cl-].[Cl-]. The van der Waals surface area contributed by atoms with Crippen molar-refractivity contribution in [3.63, 3.8) is 0 Å². The number of aliphatic imine (C=N–C) groups is 1. The van der Waals surface area contributed by atoms with Crippen molar-refractivity contribution >= 4 is 5.84 Å². The fourth-order valence-electron chi connectivity index (χ4n) is 1.71. The molecule has 0 radical (unpaired) electrons. The summed E-state index contributed by atoms with van der Waals surface area (Å²) in [6.07, 6.45) is 4.50. The van der Waals surface area contributed by atoms with E-state index < -0.39 is 0 Å². The smallest absolute Gasteiger partial charge is 0.263 e. The first kappa shape index (κ1) is 16.6. The zero-order valence-corrected chi connectivity index (χ0v) is 11.2. The van der Waals surface area contributed by atoms with E-state index in [1.807, 2.05) is 35.8 Å². The number of hydrogen-bond donors (Lipinski definition) is 2. The van der Waals surface area contributed by atoms with E-state index >= 15 is 0 Å². The van der Waals surface area contributed by atoms with Crippen LogP contribution in [0.15, 0.2) is 41.7 Å². The van der Waals surface area contributed by atoms with Crippen LogP contribution in [0.4, 0.5) is 0 Å². The minimum Gasteiger partial charge on any atom is -1.00 e. The summed E-state index contributed by atoms with van der Waals surface area (Å²) in [5, 5.41) is 10.8. The van der Waals surface area contributed by atoms with Gasteiger partial charge < -0.3 is 30.5 Å². The highest BCUT2D eigenvalue weighted by molar-refractivity contribution is 5.79. The Morgan fingerprint density at radius 2 is 2.17 bits per heavy atom. The summed E-state index contributed by atoms with van der Waals surface area (Å²) >= 11 is 0. The van der Waals surface area contributed by atoms with Crippen molar-refractivity contribution in [2.24, 2.45) is 4.99 Å². The second-order valence-corrected chi connectivity index (χ2v) is 3.78. The van der Waals surface area contributed by atoms with Crippen molar-refractivity contribution in [1.29, 1.82) is 5.26 Å². The molecule has 2 rings (SSSR count). The Balaban J connectivity index is 0.00000144. The molecule has 0 spiro atoms. The normalized spacial score (nSPS) is 13.9. The predicted molar refractivity (Wildman–Crippen MR) is 60.0 cm³/mol. The van der Waals surface area contributed by atoms with E-state index in [0.717, 1.165) is 17.8 Å². The highest BCUT2D eigenvalue weighted by Gasteiger charge is 2.20. The van der Waals surface area contributed by atoms with Gasteiger partial charge in [0.15, 0.2) is 6.04 Å². The van der Waals surface area contributed by atoms with Gasteiger partial charge in [0.25, 0.3) is 5.84 Å². The maximum absolute atomic E-state index is 8.80. The lowest BCUT2D eigenvalue weighted by Crippen LogP contribution is -3.00. The molecule has 0 saturated heterocycles. The van der Waals surface area contributed by atoms with Gasteiger partial charge in [-0.3, -0.25) is 5.32 Å². The van der Waals surface area contributed by atoms with E-state index in [9.17, 15) is 0 Å². The van der Waals surface area contributed by atoms with E-state index in [1.165, 1.54) is 0 Å². The Morgan fingerprint density at radius 3 is 2.78 bits per heavy atom. The molecule has 1 aromatic rings. The topological polar surface area (TPSA) is 80.4 Å². The molecular weight excluding hydrogens is 271 g/mol. The molecule has 4 nitrogen and oxygen atoms in total. The lowest BCUT2D eigenvalue weighted by Gasteiger charge is -2.05. The molecule has 1 atom stereocenters. The van der Waals surface area contributed by atoms with E-state index in [2.05, 4.69) is 16.8 Å². The van der Waals surface area contributed by atoms with Gasteiger partial charge in [-0.15, -0.1) is 0 Å². The van der Waals surface area contributed by atoms with Crippen LogP contribution >= 0.6 is 0 Å². The van der Waals surface area contributed by atoms with Crippen LogP contribution in [0, 0.1) is 11.3 Å². The van der Waals surface area contributed by atoms with Crippen LogP contribution in [0.2, 0.25) is 0 Å². The number of nitrogens with two attached hydrogens (primary N) is 1. The van der Waals surface area contributed by atoms with Gasteiger partial charge >= 0.3 is 0 Å². The molecular formula is C12H14Cl2N4. The van der Waals surface area contributed by atoms with Crippen LogP contribution in [-0.4, -0.2) is 11.9 Å². The minimum absolute atomic E-state index is 0. The molecule has 1 aromatic carbocycles. The Kier molecular flexibility index (Phi) is 7.25. The molecule has 0 bridgehead atoms. The van der Waals surface area contributed by atoms with E-state index in [0.29, 0.717) is 5.56 Å². The van der Waals surface area contributed by atoms with Gasteiger partial charge in [0.2, 0.25) is 0 Å². The molecule has 18 heavy (non-hydrogen) atoms. The molecule has 0 unspecified atom stereocenters. The molecule has 1 heterocycles. The third-order valence-electron chi connectivity index (χ3n) is 2.53. The van der Waals surface area contributed by atoms with Crippen LogP contribution in [0.25, 0.3) is 0 Å². The number of rotatable bonds is 3. The van der Waals surface area contributed by atoms with Gasteiger partial charge in [-0.05, 0) is 17.7 Å². The Morgan fingerprint density at radius 1 is 1.39 bits per heavy atom. The van der Waals surface area contributed by atoms with Crippen LogP contribution < -0.4 is 35.9 Å². The summed E-state index contributed by atoms with van der Waals surface area (Å²) in [6, 6.07) is 9.91. The average molecular weight is 285 g/mol. The quantitative estimate of drug-likeness (QED) is 0.569. The van der Waals surface area contributed by atoms with Crippen LogP contribution in [0.5, 0.6) is 0 Å². The zero-order chi connectivity index (χ0) is 11.4. The Labute approximate surface area is 118 Å². The summed E-state index contributed by atoms with van der Waals surface area (Å²) in [6.45, 7) is 0. The first-order valence-corrected chi connectivity index (χ1v) is 5.19. The third-order valence-corrected chi connectivity index (χ3v) is 2.53. The van der Waals surface area contributed by atoms with Crippen molar-refractivity contribution in [2.75, 3.05) is 0 Å². The monoisotopic (exact) mass is 284 g/mol. The van der Waals surface area contributed by atoms with Crippen molar-refractivity contribution in [3.05, 3.63) is 47.8 Å². The summed E-state index contributed by atoms with van der Waals surface area (Å²) in [5.74, 6) is 1.00. The van der Waals surface area contributed by atoms with E-state index in [1.54, 1.807) is 6.20 Å². The summed E-state index contributed by atoms with van der Waals surface area (Å²) in [4.78, 5) is 4.23. The number of halogens is 2. The van der Waals surface area contributed by atoms with Gasteiger partial charge in [0.1, 0.15) is 6.20 Å². The molecule has 5 N–H and O–H groups in total. The van der Waals surface area contributed by atoms with Gasteiger partial charge in [-0.25, -0.2) is 0 Å².